The zero-order valence-electron chi connectivity index (χ0n) is 12.8. The number of fused-ring (bicyclic) bond motifs is 1. The standard InChI is InChI=1S/C14H19N5O3S/c1-17-5-4-15-14(17)13(20)12-8-10-9-18(6-7-19(10)16-12)23(21,22)11-2-3-11/h4-5,8,11,13,20H,2-3,6-7,9H2,1H3. The molecule has 1 aliphatic carbocycles. The second-order valence-electron chi connectivity index (χ2n) is 6.16. The molecule has 0 saturated heterocycles. The Morgan fingerprint density at radius 2 is 2.13 bits per heavy atom. The van der Waals surface area contributed by atoms with E-state index in [0.29, 0.717) is 31.2 Å². The first kappa shape index (κ1) is 14.9. The number of hydrogen-bond acceptors (Lipinski definition) is 5. The van der Waals surface area contributed by atoms with E-state index in [-0.39, 0.29) is 5.25 Å². The molecular formula is C14H19N5O3S. The van der Waals surface area contributed by atoms with E-state index in [2.05, 4.69) is 10.1 Å². The van der Waals surface area contributed by atoms with Gasteiger partial charge in [0.15, 0.2) is 6.10 Å². The summed E-state index contributed by atoms with van der Waals surface area (Å²) in [5.41, 5.74) is 1.31. The highest BCUT2D eigenvalue weighted by molar-refractivity contribution is 7.90. The largest absolute Gasteiger partial charge is 0.379 e. The summed E-state index contributed by atoms with van der Waals surface area (Å²) in [6.45, 7) is 1.26. The van der Waals surface area contributed by atoms with Gasteiger partial charge >= 0.3 is 0 Å². The van der Waals surface area contributed by atoms with Gasteiger partial charge in [-0.25, -0.2) is 13.4 Å². The third-order valence-corrected chi connectivity index (χ3v) is 6.82. The number of aryl methyl sites for hydroxylation is 1. The van der Waals surface area contributed by atoms with Crippen LogP contribution in [0.3, 0.4) is 0 Å². The van der Waals surface area contributed by atoms with Gasteiger partial charge in [-0.15, -0.1) is 0 Å². The Morgan fingerprint density at radius 1 is 1.35 bits per heavy atom. The maximum Gasteiger partial charge on any atom is 0.217 e. The Hall–Kier alpha value is -1.71. The van der Waals surface area contributed by atoms with Crippen molar-refractivity contribution in [2.75, 3.05) is 6.54 Å². The van der Waals surface area contributed by atoms with E-state index in [1.807, 2.05) is 7.05 Å². The minimum atomic E-state index is -3.18. The van der Waals surface area contributed by atoms with Gasteiger partial charge in [-0.05, 0) is 18.9 Å². The molecule has 1 saturated carbocycles. The molecule has 4 rings (SSSR count). The van der Waals surface area contributed by atoms with E-state index < -0.39 is 16.1 Å². The van der Waals surface area contributed by atoms with Crippen LogP contribution >= 0.6 is 0 Å². The first-order chi connectivity index (χ1) is 11.0. The number of sulfonamides is 1. The van der Waals surface area contributed by atoms with Gasteiger partial charge in [0.25, 0.3) is 0 Å². The van der Waals surface area contributed by atoms with Crippen molar-refractivity contribution in [3.8, 4) is 0 Å². The summed E-state index contributed by atoms with van der Waals surface area (Å²) < 4.78 is 29.8. The fourth-order valence-electron chi connectivity index (χ4n) is 2.97. The Kier molecular flexibility index (Phi) is 3.33. The van der Waals surface area contributed by atoms with E-state index in [4.69, 9.17) is 0 Å². The van der Waals surface area contributed by atoms with Crippen LogP contribution in [0, 0.1) is 0 Å². The van der Waals surface area contributed by atoms with Crippen molar-refractivity contribution in [3.63, 3.8) is 0 Å². The number of nitrogens with zero attached hydrogens (tertiary/aromatic N) is 5. The predicted octanol–water partition coefficient (Wildman–Crippen LogP) is 0.00610. The molecule has 124 valence electrons. The Labute approximate surface area is 134 Å². The smallest absolute Gasteiger partial charge is 0.217 e. The minimum absolute atomic E-state index is 0.199. The summed E-state index contributed by atoms with van der Waals surface area (Å²) in [6, 6.07) is 1.77. The topological polar surface area (TPSA) is 93.2 Å². The summed E-state index contributed by atoms with van der Waals surface area (Å²) in [4.78, 5) is 4.14. The predicted molar refractivity (Wildman–Crippen MR) is 81.8 cm³/mol. The molecule has 0 aromatic carbocycles. The average molecular weight is 337 g/mol. The van der Waals surface area contributed by atoms with Crippen LogP contribution in [0.4, 0.5) is 0 Å². The first-order valence-corrected chi connectivity index (χ1v) is 9.18. The first-order valence-electron chi connectivity index (χ1n) is 7.67. The van der Waals surface area contributed by atoms with Gasteiger partial charge in [-0.2, -0.15) is 9.40 Å². The second-order valence-corrected chi connectivity index (χ2v) is 8.37. The van der Waals surface area contributed by atoms with Gasteiger partial charge in [0.1, 0.15) is 5.82 Å². The van der Waals surface area contributed by atoms with Crippen molar-refractivity contribution in [2.24, 2.45) is 7.05 Å². The van der Waals surface area contributed by atoms with Crippen LogP contribution in [-0.2, 0) is 30.2 Å². The number of imidazole rings is 1. The SMILES string of the molecule is Cn1ccnc1C(O)c1cc2n(n1)CCN(S(=O)(=O)C1CC1)C2. The number of aromatic nitrogens is 4. The molecular weight excluding hydrogens is 318 g/mol. The van der Waals surface area contributed by atoms with Gasteiger partial charge < -0.3 is 9.67 Å². The second kappa shape index (κ2) is 5.15. The van der Waals surface area contributed by atoms with E-state index >= 15 is 0 Å². The van der Waals surface area contributed by atoms with Gasteiger partial charge in [0.05, 0.1) is 29.7 Å². The zero-order chi connectivity index (χ0) is 16.2. The van der Waals surface area contributed by atoms with Crippen LogP contribution in [0.15, 0.2) is 18.5 Å². The van der Waals surface area contributed by atoms with Crippen molar-refractivity contribution in [3.05, 3.63) is 35.7 Å². The highest BCUT2D eigenvalue weighted by atomic mass is 32.2. The van der Waals surface area contributed by atoms with Crippen molar-refractivity contribution >= 4 is 10.0 Å². The molecule has 1 N–H and O–H groups in total. The maximum atomic E-state index is 12.4. The van der Waals surface area contributed by atoms with Gasteiger partial charge in [0.2, 0.25) is 10.0 Å². The number of aliphatic hydroxyl groups is 1. The van der Waals surface area contributed by atoms with Gasteiger partial charge in [-0.1, -0.05) is 0 Å². The van der Waals surface area contributed by atoms with E-state index in [0.717, 1.165) is 18.5 Å². The third kappa shape index (κ3) is 2.48. The molecule has 0 amide bonds. The van der Waals surface area contributed by atoms with Crippen LogP contribution in [0.5, 0.6) is 0 Å². The fraction of sp³-hybridized carbons (Fsp3) is 0.571. The molecule has 8 nitrogen and oxygen atoms in total. The minimum Gasteiger partial charge on any atom is -0.379 e. The lowest BCUT2D eigenvalue weighted by atomic mass is 10.2. The molecule has 9 heteroatoms. The molecule has 1 atom stereocenters. The summed E-state index contributed by atoms with van der Waals surface area (Å²) in [5, 5.41) is 14.7. The lowest BCUT2D eigenvalue weighted by Gasteiger charge is -2.26. The number of hydrogen-bond donors (Lipinski definition) is 1. The maximum absolute atomic E-state index is 12.4. The van der Waals surface area contributed by atoms with Crippen LogP contribution < -0.4 is 0 Å². The molecule has 2 aromatic rings. The molecule has 1 aliphatic heterocycles. The monoisotopic (exact) mass is 337 g/mol. The Bertz CT molecular complexity index is 836. The normalized spacial score (nSPS) is 20.4. The molecule has 2 aliphatic rings. The van der Waals surface area contributed by atoms with Crippen LogP contribution in [0.1, 0.15) is 36.2 Å². The number of aliphatic hydroxyl groups excluding tert-OH is 1. The van der Waals surface area contributed by atoms with Crippen molar-refractivity contribution < 1.29 is 13.5 Å². The molecule has 0 radical (unpaired) electrons. The average Bonchev–Trinajstić information content (AvgIpc) is 3.17. The summed E-state index contributed by atoms with van der Waals surface area (Å²) in [5.74, 6) is 0.517. The van der Waals surface area contributed by atoms with Gasteiger partial charge in [0, 0.05) is 26.0 Å². The molecule has 3 heterocycles. The Morgan fingerprint density at radius 3 is 2.78 bits per heavy atom. The molecule has 23 heavy (non-hydrogen) atoms. The van der Waals surface area contributed by atoms with E-state index in [1.54, 1.807) is 32.0 Å². The summed E-state index contributed by atoms with van der Waals surface area (Å²) in [6.07, 6.45) is 4.00. The highest BCUT2D eigenvalue weighted by Gasteiger charge is 2.41. The third-order valence-electron chi connectivity index (χ3n) is 4.47. The molecule has 0 bridgehead atoms. The number of rotatable bonds is 4. The summed E-state index contributed by atoms with van der Waals surface area (Å²) in [7, 11) is -1.37. The molecule has 1 fully saturated rings. The summed E-state index contributed by atoms with van der Waals surface area (Å²) >= 11 is 0. The Balaban J connectivity index is 1.59. The molecule has 1 unspecified atom stereocenters. The molecule has 2 aromatic heterocycles. The van der Waals surface area contributed by atoms with Crippen LogP contribution in [0.25, 0.3) is 0 Å². The van der Waals surface area contributed by atoms with Crippen LogP contribution in [-0.4, -0.2) is 49.0 Å². The van der Waals surface area contributed by atoms with E-state index in [1.165, 1.54) is 0 Å². The fourth-order valence-corrected chi connectivity index (χ4v) is 4.77. The van der Waals surface area contributed by atoms with Crippen molar-refractivity contribution in [1.29, 1.82) is 0 Å². The quantitative estimate of drug-likeness (QED) is 0.848. The van der Waals surface area contributed by atoms with E-state index in [9.17, 15) is 13.5 Å². The van der Waals surface area contributed by atoms with Gasteiger partial charge in [-0.3, -0.25) is 4.68 Å². The van der Waals surface area contributed by atoms with Crippen LogP contribution in [0.2, 0.25) is 0 Å². The van der Waals surface area contributed by atoms with Crippen molar-refractivity contribution in [2.45, 2.75) is 37.3 Å². The van der Waals surface area contributed by atoms with Crippen molar-refractivity contribution in [1.82, 2.24) is 23.6 Å². The molecule has 0 spiro atoms. The highest BCUT2D eigenvalue weighted by Crippen LogP contribution is 2.33. The zero-order valence-corrected chi connectivity index (χ0v) is 13.6. The lowest BCUT2D eigenvalue weighted by molar-refractivity contribution is 0.200. The lowest BCUT2D eigenvalue weighted by Crippen LogP contribution is -2.40.